The Bertz CT molecular complexity index is 759. The lowest BCUT2D eigenvalue weighted by Crippen LogP contribution is -2.44. The van der Waals surface area contributed by atoms with Crippen molar-refractivity contribution in [2.75, 3.05) is 55.3 Å². The van der Waals surface area contributed by atoms with Crippen molar-refractivity contribution in [3.63, 3.8) is 0 Å². The quantitative estimate of drug-likeness (QED) is 0.812. The van der Waals surface area contributed by atoms with E-state index in [0.717, 1.165) is 31.9 Å². The van der Waals surface area contributed by atoms with Crippen molar-refractivity contribution in [2.45, 2.75) is 0 Å². The third-order valence-electron chi connectivity index (χ3n) is 4.39. The van der Waals surface area contributed by atoms with Crippen LogP contribution in [0.1, 0.15) is 0 Å². The minimum Gasteiger partial charge on any atom is -0.376 e. The predicted octanol–water partition coefficient (Wildman–Crippen LogP) is 3.80. The zero-order chi connectivity index (χ0) is 18.5. The number of piperazine rings is 1. The molecule has 2 aromatic rings. The van der Waals surface area contributed by atoms with E-state index < -0.39 is 0 Å². The number of rotatable bonds is 5. The van der Waals surface area contributed by atoms with Crippen LogP contribution in [0.4, 0.5) is 17.1 Å². The SMILES string of the molecule is CN1CCN(c2ccc(NCC(=O)Nc3ccc(Cl)c(Cl)c3)cc2)CC1. The van der Waals surface area contributed by atoms with Crippen LogP contribution in [-0.4, -0.2) is 50.6 Å². The van der Waals surface area contributed by atoms with Gasteiger partial charge in [0.25, 0.3) is 0 Å². The molecule has 0 saturated carbocycles. The Hall–Kier alpha value is -1.95. The van der Waals surface area contributed by atoms with Gasteiger partial charge in [-0.1, -0.05) is 23.2 Å². The molecule has 1 amide bonds. The summed E-state index contributed by atoms with van der Waals surface area (Å²) >= 11 is 11.8. The predicted molar refractivity (Wildman–Crippen MR) is 110 cm³/mol. The first-order valence-electron chi connectivity index (χ1n) is 8.53. The minimum atomic E-state index is -0.147. The van der Waals surface area contributed by atoms with Gasteiger partial charge < -0.3 is 20.4 Å². The van der Waals surface area contributed by atoms with Gasteiger partial charge in [0.2, 0.25) is 5.91 Å². The molecule has 1 fully saturated rings. The molecule has 0 unspecified atom stereocenters. The average molecular weight is 393 g/mol. The Morgan fingerprint density at radius 3 is 2.27 bits per heavy atom. The monoisotopic (exact) mass is 392 g/mol. The second-order valence-electron chi connectivity index (χ2n) is 6.37. The van der Waals surface area contributed by atoms with Gasteiger partial charge in [-0.05, 0) is 49.5 Å². The van der Waals surface area contributed by atoms with Crippen molar-refractivity contribution in [3.8, 4) is 0 Å². The fourth-order valence-electron chi connectivity index (χ4n) is 2.82. The molecule has 0 spiro atoms. The number of halogens is 2. The zero-order valence-electron chi connectivity index (χ0n) is 14.6. The summed E-state index contributed by atoms with van der Waals surface area (Å²) in [6.07, 6.45) is 0. The third kappa shape index (κ3) is 5.04. The Balaban J connectivity index is 1.49. The fraction of sp³-hybridized carbons (Fsp3) is 0.316. The lowest BCUT2D eigenvalue weighted by molar-refractivity contribution is -0.114. The highest BCUT2D eigenvalue weighted by Crippen LogP contribution is 2.25. The summed E-state index contributed by atoms with van der Waals surface area (Å²) in [5.74, 6) is -0.147. The fourth-order valence-corrected chi connectivity index (χ4v) is 3.11. The smallest absolute Gasteiger partial charge is 0.243 e. The summed E-state index contributed by atoms with van der Waals surface area (Å²) in [6, 6.07) is 13.2. The van der Waals surface area contributed by atoms with Crippen LogP contribution >= 0.6 is 23.2 Å². The van der Waals surface area contributed by atoms with E-state index in [2.05, 4.69) is 39.6 Å². The van der Waals surface area contributed by atoms with Gasteiger partial charge in [-0.15, -0.1) is 0 Å². The summed E-state index contributed by atoms with van der Waals surface area (Å²) < 4.78 is 0. The molecule has 3 rings (SSSR count). The van der Waals surface area contributed by atoms with E-state index >= 15 is 0 Å². The maximum Gasteiger partial charge on any atom is 0.243 e. The second kappa shape index (κ2) is 8.62. The van der Waals surface area contributed by atoms with Crippen molar-refractivity contribution >= 4 is 46.2 Å². The summed E-state index contributed by atoms with van der Waals surface area (Å²) in [5, 5.41) is 6.80. The van der Waals surface area contributed by atoms with Gasteiger partial charge >= 0.3 is 0 Å². The van der Waals surface area contributed by atoms with Crippen LogP contribution in [0.5, 0.6) is 0 Å². The molecule has 2 aromatic carbocycles. The Morgan fingerprint density at radius 1 is 0.962 bits per heavy atom. The van der Waals surface area contributed by atoms with Crippen molar-refractivity contribution < 1.29 is 4.79 Å². The first-order chi connectivity index (χ1) is 12.5. The molecule has 1 saturated heterocycles. The number of amides is 1. The molecule has 26 heavy (non-hydrogen) atoms. The summed E-state index contributed by atoms with van der Waals surface area (Å²) in [7, 11) is 2.15. The largest absolute Gasteiger partial charge is 0.376 e. The Labute approximate surface area is 163 Å². The van der Waals surface area contributed by atoms with Crippen LogP contribution in [0.3, 0.4) is 0 Å². The van der Waals surface area contributed by atoms with Gasteiger partial charge in [-0.2, -0.15) is 0 Å². The summed E-state index contributed by atoms with van der Waals surface area (Å²) in [5.41, 5.74) is 2.74. The molecule has 5 nitrogen and oxygen atoms in total. The normalized spacial score (nSPS) is 15.0. The average Bonchev–Trinajstić information content (AvgIpc) is 2.64. The van der Waals surface area contributed by atoms with Crippen molar-refractivity contribution in [1.82, 2.24) is 4.90 Å². The number of hydrogen-bond acceptors (Lipinski definition) is 4. The molecule has 0 aliphatic carbocycles. The standard InChI is InChI=1S/C19H22Cl2N4O/c1-24-8-10-25(11-9-24)16-5-2-14(3-6-16)22-13-19(26)23-15-4-7-17(20)18(21)12-15/h2-7,12,22H,8-11,13H2,1H3,(H,23,26). The molecule has 2 N–H and O–H groups in total. The number of nitrogens with one attached hydrogen (secondary N) is 2. The highest BCUT2D eigenvalue weighted by atomic mass is 35.5. The van der Waals surface area contributed by atoms with E-state index in [-0.39, 0.29) is 12.5 Å². The van der Waals surface area contributed by atoms with E-state index in [9.17, 15) is 4.79 Å². The Morgan fingerprint density at radius 2 is 1.62 bits per heavy atom. The number of carbonyl (C=O) groups is 1. The summed E-state index contributed by atoms with van der Waals surface area (Å²) in [6.45, 7) is 4.41. The van der Waals surface area contributed by atoms with Gasteiger partial charge in [-0.3, -0.25) is 4.79 Å². The van der Waals surface area contributed by atoms with Gasteiger partial charge in [0, 0.05) is 43.2 Å². The number of anilines is 3. The van der Waals surface area contributed by atoms with Gasteiger partial charge in [-0.25, -0.2) is 0 Å². The lowest BCUT2D eigenvalue weighted by atomic mass is 10.2. The Kier molecular flexibility index (Phi) is 6.25. The van der Waals surface area contributed by atoms with Crippen LogP contribution < -0.4 is 15.5 Å². The maximum atomic E-state index is 12.1. The number of likely N-dealkylation sites (N-methyl/N-ethyl adjacent to an activating group) is 1. The number of carbonyl (C=O) groups excluding carboxylic acids is 1. The van der Waals surface area contributed by atoms with Crippen LogP contribution in [0.25, 0.3) is 0 Å². The molecular formula is C19H22Cl2N4O. The second-order valence-corrected chi connectivity index (χ2v) is 7.18. The molecule has 1 aliphatic heterocycles. The molecule has 1 heterocycles. The third-order valence-corrected chi connectivity index (χ3v) is 5.13. The maximum absolute atomic E-state index is 12.1. The van der Waals surface area contributed by atoms with Gasteiger partial charge in [0.15, 0.2) is 0 Å². The van der Waals surface area contributed by atoms with E-state index in [4.69, 9.17) is 23.2 Å². The van der Waals surface area contributed by atoms with Gasteiger partial charge in [0.1, 0.15) is 0 Å². The van der Waals surface area contributed by atoms with Crippen LogP contribution in [0, 0.1) is 0 Å². The number of benzene rings is 2. The van der Waals surface area contributed by atoms with E-state index in [1.807, 2.05) is 12.1 Å². The van der Waals surface area contributed by atoms with E-state index in [1.165, 1.54) is 5.69 Å². The zero-order valence-corrected chi connectivity index (χ0v) is 16.1. The molecule has 7 heteroatoms. The molecule has 0 atom stereocenters. The van der Waals surface area contributed by atoms with Crippen LogP contribution in [0.15, 0.2) is 42.5 Å². The first-order valence-corrected chi connectivity index (χ1v) is 9.29. The molecule has 0 radical (unpaired) electrons. The molecular weight excluding hydrogens is 371 g/mol. The van der Waals surface area contributed by atoms with Crippen molar-refractivity contribution in [3.05, 3.63) is 52.5 Å². The van der Waals surface area contributed by atoms with Crippen LogP contribution in [-0.2, 0) is 4.79 Å². The lowest BCUT2D eigenvalue weighted by Gasteiger charge is -2.34. The van der Waals surface area contributed by atoms with Crippen molar-refractivity contribution in [1.29, 1.82) is 0 Å². The van der Waals surface area contributed by atoms with Crippen molar-refractivity contribution in [2.24, 2.45) is 0 Å². The van der Waals surface area contributed by atoms with E-state index in [0.29, 0.717) is 15.7 Å². The first kappa shape index (κ1) is 18.8. The number of hydrogen-bond donors (Lipinski definition) is 2. The molecule has 0 bridgehead atoms. The number of nitrogens with zero attached hydrogens (tertiary/aromatic N) is 2. The molecule has 1 aliphatic rings. The molecule has 0 aromatic heterocycles. The minimum absolute atomic E-state index is 0.147. The van der Waals surface area contributed by atoms with Crippen LogP contribution in [0.2, 0.25) is 10.0 Å². The molecule has 138 valence electrons. The van der Waals surface area contributed by atoms with Gasteiger partial charge in [0.05, 0.1) is 16.6 Å². The highest BCUT2D eigenvalue weighted by Gasteiger charge is 2.14. The summed E-state index contributed by atoms with van der Waals surface area (Å²) in [4.78, 5) is 16.8. The highest BCUT2D eigenvalue weighted by molar-refractivity contribution is 6.42. The topological polar surface area (TPSA) is 47.6 Å². The van der Waals surface area contributed by atoms with E-state index in [1.54, 1.807) is 18.2 Å².